The Labute approximate surface area is 316 Å². The van der Waals surface area contributed by atoms with E-state index in [-0.39, 0.29) is 47.6 Å². The van der Waals surface area contributed by atoms with Crippen molar-refractivity contribution in [1.82, 2.24) is 41.6 Å². The molecule has 6 N–H and O–H groups in total. The molecule has 2 aliphatic heterocycles. The zero-order valence-corrected chi connectivity index (χ0v) is 31.3. The number of hydrogen-bond acceptors (Lipinski definition) is 12. The van der Waals surface area contributed by atoms with Gasteiger partial charge in [-0.25, -0.2) is 27.1 Å². The predicted molar refractivity (Wildman–Crippen MR) is 194 cm³/mol. The molecule has 3 heterocycles. The number of amides is 5. The molecule has 3 atom stereocenters. The molecule has 0 saturated carbocycles. The van der Waals surface area contributed by atoms with Crippen LogP contribution in [0.25, 0.3) is 0 Å². The van der Waals surface area contributed by atoms with Crippen molar-refractivity contribution in [3.8, 4) is 0 Å². The van der Waals surface area contributed by atoms with Crippen molar-refractivity contribution < 1.29 is 51.3 Å². The number of carbonyl (C=O) groups is 4. The molecule has 0 radical (unpaired) electrons. The summed E-state index contributed by atoms with van der Waals surface area (Å²) in [5, 5.41) is 30.3. The first kappa shape index (κ1) is 42.4. The van der Waals surface area contributed by atoms with Crippen molar-refractivity contribution in [3.63, 3.8) is 0 Å². The lowest BCUT2D eigenvalue weighted by atomic mass is 10.0. The lowest BCUT2D eigenvalue weighted by molar-refractivity contribution is -0.121. The minimum absolute atomic E-state index is 0.00379. The van der Waals surface area contributed by atoms with Gasteiger partial charge in [0, 0.05) is 36.1 Å². The molecule has 298 valence electrons. The Morgan fingerprint density at radius 2 is 1.72 bits per heavy atom. The number of nitrogens with one attached hydrogen (secondary N) is 5. The third kappa shape index (κ3) is 14.8. The van der Waals surface area contributed by atoms with Crippen molar-refractivity contribution >= 4 is 45.5 Å². The summed E-state index contributed by atoms with van der Waals surface area (Å²) in [6, 6.07) is 5.32. The maximum atomic E-state index is 13.9. The van der Waals surface area contributed by atoms with E-state index >= 15 is 0 Å². The normalized spacial score (nSPS) is 18.1. The van der Waals surface area contributed by atoms with Gasteiger partial charge >= 0.3 is 12.1 Å². The molecule has 2 saturated heterocycles. The molecule has 0 unspecified atom stereocenters. The highest BCUT2D eigenvalue weighted by Gasteiger charge is 2.42. The maximum absolute atomic E-state index is 13.9. The van der Waals surface area contributed by atoms with Gasteiger partial charge in [-0.2, -0.15) is 11.8 Å². The number of carboxylic acid groups (broad SMARTS) is 1. The number of thioether (sulfide) groups is 1. The molecule has 1 aromatic heterocycles. The molecule has 0 bridgehead atoms. The van der Waals surface area contributed by atoms with Crippen LogP contribution in [0.1, 0.15) is 41.7 Å². The second-order valence-electron chi connectivity index (χ2n) is 12.3. The highest BCUT2D eigenvalue weighted by atomic mass is 32.2. The van der Waals surface area contributed by atoms with E-state index in [1.807, 2.05) is 17.1 Å². The summed E-state index contributed by atoms with van der Waals surface area (Å²) >= 11 is 1.88. The monoisotopic (exact) mass is 798 g/mol. The molecular formula is C33H47FN8O10S2. The van der Waals surface area contributed by atoms with Crippen LogP contribution in [0, 0.1) is 0 Å². The molecule has 4 rings (SSSR count). The first-order valence-corrected chi connectivity index (χ1v) is 20.2. The van der Waals surface area contributed by atoms with Crippen LogP contribution in [-0.4, -0.2) is 134 Å². The number of carbonyl (C=O) groups excluding carboxylic acids is 3. The van der Waals surface area contributed by atoms with E-state index in [1.165, 1.54) is 24.3 Å². The van der Waals surface area contributed by atoms with Gasteiger partial charge in [-0.05, 0) is 43.2 Å². The van der Waals surface area contributed by atoms with Crippen LogP contribution in [0.5, 0.6) is 0 Å². The molecule has 2 aromatic rings. The largest absolute Gasteiger partial charge is 0.465 e. The average molecular weight is 799 g/mol. The van der Waals surface area contributed by atoms with E-state index in [2.05, 4.69) is 31.6 Å². The molecule has 5 amide bonds. The van der Waals surface area contributed by atoms with Gasteiger partial charge in [0.05, 0.1) is 75.9 Å². The first-order valence-electron chi connectivity index (χ1n) is 17.5. The summed E-state index contributed by atoms with van der Waals surface area (Å²) in [6.45, 7) is 2.85. The van der Waals surface area contributed by atoms with Crippen LogP contribution >= 0.6 is 11.8 Å². The number of urea groups is 1. The van der Waals surface area contributed by atoms with Crippen LogP contribution in [0.3, 0.4) is 0 Å². The third-order valence-corrected chi connectivity index (χ3v) is 11.4. The van der Waals surface area contributed by atoms with Gasteiger partial charge in [-0.15, -0.1) is 5.10 Å². The number of halogens is 1. The number of hydrogen-bond donors (Lipinski definition) is 6. The molecule has 1 aromatic carbocycles. The fraction of sp³-hybridized carbons (Fsp3) is 0.576. The molecule has 0 aliphatic carbocycles. The van der Waals surface area contributed by atoms with Crippen molar-refractivity contribution in [3.05, 3.63) is 53.6 Å². The SMILES string of the molecule is O=C(O)NC/C=C(\F)CS(=O)(=O)c1ccc(C(=O)NCc2cn(CCOCCOCCOCCNC(=O)CCCC[C@@H]3SC[C@@H]4NC(=O)N[C@@H]43)nn2)cc1. The number of ether oxygens (including phenoxy) is 3. The fourth-order valence-corrected chi connectivity index (χ4v) is 8.26. The van der Waals surface area contributed by atoms with Crippen LogP contribution < -0.4 is 26.6 Å². The second-order valence-corrected chi connectivity index (χ2v) is 15.6. The zero-order chi connectivity index (χ0) is 38.8. The minimum Gasteiger partial charge on any atom is -0.465 e. The predicted octanol–water partition coefficient (Wildman–Crippen LogP) is 0.995. The van der Waals surface area contributed by atoms with Crippen molar-refractivity contribution in [1.29, 1.82) is 0 Å². The van der Waals surface area contributed by atoms with E-state index < -0.39 is 33.4 Å². The van der Waals surface area contributed by atoms with Crippen LogP contribution in [0.4, 0.5) is 14.0 Å². The number of sulfone groups is 1. The Morgan fingerprint density at radius 3 is 2.46 bits per heavy atom. The topological polar surface area (TPSA) is 241 Å². The number of nitrogens with zero attached hydrogens (tertiary/aromatic N) is 3. The number of rotatable bonds is 25. The third-order valence-electron chi connectivity index (χ3n) is 8.25. The number of unbranched alkanes of at least 4 members (excludes halogenated alkanes) is 1. The van der Waals surface area contributed by atoms with Crippen LogP contribution in [0.15, 0.2) is 47.3 Å². The van der Waals surface area contributed by atoms with E-state index in [0.717, 1.165) is 31.1 Å². The highest BCUT2D eigenvalue weighted by molar-refractivity contribution is 8.00. The van der Waals surface area contributed by atoms with E-state index in [1.54, 1.807) is 10.9 Å². The molecular weight excluding hydrogens is 752 g/mol. The van der Waals surface area contributed by atoms with Gasteiger partial charge in [-0.3, -0.25) is 9.59 Å². The molecule has 21 heteroatoms. The van der Waals surface area contributed by atoms with Gasteiger partial charge < -0.3 is 45.9 Å². The van der Waals surface area contributed by atoms with Crippen molar-refractivity contribution in [2.45, 2.75) is 61.0 Å². The van der Waals surface area contributed by atoms with Crippen LogP contribution in [-0.2, 0) is 41.9 Å². The van der Waals surface area contributed by atoms with E-state index in [4.69, 9.17) is 19.3 Å². The standard InChI is InChI=1S/C33H47FN8O10S2/c34-24(9-10-36-33(46)47)22-54(48,49)26-7-5-23(6-8-26)31(44)37-19-25-20-42(41-40-25)12-14-51-16-18-52-17-15-50-13-11-35-29(43)4-2-1-3-28-30-27(21-53-28)38-32(45)39-30/h5-9,20,27-28,30,36H,1-4,10-19,21-22H2,(H,35,43)(H,37,44)(H,46,47)(H2,38,39,45)/b24-9-/t27-,28-,30-/m0/s1. The summed E-state index contributed by atoms with van der Waals surface area (Å²) < 4.78 is 56.9. The Morgan fingerprint density at radius 1 is 1.00 bits per heavy atom. The van der Waals surface area contributed by atoms with Gasteiger partial charge in [0.2, 0.25) is 5.91 Å². The van der Waals surface area contributed by atoms with E-state index in [0.29, 0.717) is 70.1 Å². The summed E-state index contributed by atoms with van der Waals surface area (Å²) in [6.07, 6.45) is 4.32. The fourth-order valence-electron chi connectivity index (χ4n) is 5.51. The Balaban J connectivity index is 0.956. The quantitative estimate of drug-likeness (QED) is 0.0608. The first-order chi connectivity index (χ1) is 26.0. The average Bonchev–Trinajstić information content (AvgIpc) is 3.85. The molecule has 0 spiro atoms. The summed E-state index contributed by atoms with van der Waals surface area (Å²) in [7, 11) is -4.05. The molecule has 2 aliphatic rings. The summed E-state index contributed by atoms with van der Waals surface area (Å²) in [4.78, 5) is 46.3. The Bertz CT molecular complexity index is 1680. The second kappa shape index (κ2) is 22.2. The summed E-state index contributed by atoms with van der Waals surface area (Å²) in [5.74, 6) is -1.49. The maximum Gasteiger partial charge on any atom is 0.404 e. The van der Waals surface area contributed by atoms with Crippen molar-refractivity contribution in [2.75, 3.05) is 64.2 Å². The van der Waals surface area contributed by atoms with Crippen LogP contribution in [0.2, 0.25) is 0 Å². The van der Waals surface area contributed by atoms with Gasteiger partial charge in [0.25, 0.3) is 5.91 Å². The lowest BCUT2D eigenvalue weighted by Crippen LogP contribution is -2.36. The Kier molecular flexibility index (Phi) is 17.4. The van der Waals surface area contributed by atoms with Gasteiger partial charge in [0.15, 0.2) is 9.84 Å². The van der Waals surface area contributed by atoms with Gasteiger partial charge in [0.1, 0.15) is 17.3 Å². The molecule has 2 fully saturated rings. The Hall–Kier alpha value is -4.31. The summed E-state index contributed by atoms with van der Waals surface area (Å²) in [5.41, 5.74) is 0.682. The lowest BCUT2D eigenvalue weighted by Gasteiger charge is -2.16. The smallest absolute Gasteiger partial charge is 0.404 e. The molecule has 54 heavy (non-hydrogen) atoms. The minimum atomic E-state index is -4.05. The highest BCUT2D eigenvalue weighted by Crippen LogP contribution is 2.33. The van der Waals surface area contributed by atoms with Crippen molar-refractivity contribution in [2.24, 2.45) is 0 Å². The molecule has 18 nitrogen and oxygen atoms in total. The zero-order valence-electron chi connectivity index (χ0n) is 29.7. The number of aromatic nitrogens is 3. The number of fused-ring (bicyclic) bond motifs is 1. The van der Waals surface area contributed by atoms with Gasteiger partial charge in [-0.1, -0.05) is 11.6 Å². The van der Waals surface area contributed by atoms with E-state index in [9.17, 15) is 32.0 Å². The number of benzene rings is 1.